The molecule has 1 aromatic carbocycles. The van der Waals surface area contributed by atoms with Gasteiger partial charge in [0.15, 0.2) is 0 Å². The molecule has 0 amide bonds. The molecule has 0 saturated heterocycles. The van der Waals surface area contributed by atoms with Crippen LogP contribution in [0.4, 0.5) is 4.39 Å². The SMILES string of the molecule is Cc1cc2c(c(Cl)c1F)CNC2. The second-order valence-corrected chi connectivity index (χ2v) is 3.44. The zero-order chi connectivity index (χ0) is 8.72. The van der Waals surface area contributed by atoms with Crippen LogP contribution in [0.15, 0.2) is 6.07 Å². The monoisotopic (exact) mass is 185 g/mol. The number of halogens is 2. The van der Waals surface area contributed by atoms with E-state index in [0.29, 0.717) is 12.1 Å². The summed E-state index contributed by atoms with van der Waals surface area (Å²) in [7, 11) is 0. The van der Waals surface area contributed by atoms with E-state index < -0.39 is 0 Å². The molecule has 0 aromatic heterocycles. The Morgan fingerprint density at radius 1 is 1.50 bits per heavy atom. The number of hydrogen-bond donors (Lipinski definition) is 1. The Balaban J connectivity index is 2.67. The van der Waals surface area contributed by atoms with Crippen molar-refractivity contribution in [3.05, 3.63) is 33.6 Å². The van der Waals surface area contributed by atoms with E-state index in [2.05, 4.69) is 5.32 Å². The summed E-state index contributed by atoms with van der Waals surface area (Å²) in [6, 6.07) is 1.86. The van der Waals surface area contributed by atoms with Crippen LogP contribution >= 0.6 is 11.6 Å². The lowest BCUT2D eigenvalue weighted by Crippen LogP contribution is -2.00. The van der Waals surface area contributed by atoms with Gasteiger partial charge in [-0.2, -0.15) is 0 Å². The quantitative estimate of drug-likeness (QED) is 0.655. The van der Waals surface area contributed by atoms with E-state index in [1.54, 1.807) is 6.92 Å². The number of aryl methyl sites for hydroxylation is 1. The highest BCUT2D eigenvalue weighted by atomic mass is 35.5. The van der Waals surface area contributed by atoms with Gasteiger partial charge in [0.05, 0.1) is 5.02 Å². The molecular weight excluding hydrogens is 177 g/mol. The minimum absolute atomic E-state index is 0.279. The van der Waals surface area contributed by atoms with E-state index >= 15 is 0 Å². The van der Waals surface area contributed by atoms with Gasteiger partial charge in [-0.15, -0.1) is 0 Å². The van der Waals surface area contributed by atoms with Gasteiger partial charge in [-0.05, 0) is 23.6 Å². The van der Waals surface area contributed by atoms with Crippen LogP contribution in [0.25, 0.3) is 0 Å². The highest BCUT2D eigenvalue weighted by Gasteiger charge is 2.17. The van der Waals surface area contributed by atoms with Crippen molar-refractivity contribution in [2.75, 3.05) is 0 Å². The van der Waals surface area contributed by atoms with Gasteiger partial charge in [0.25, 0.3) is 0 Å². The molecule has 1 aromatic rings. The summed E-state index contributed by atoms with van der Waals surface area (Å²) in [6.07, 6.45) is 0. The van der Waals surface area contributed by atoms with Gasteiger partial charge < -0.3 is 5.32 Å². The molecule has 2 rings (SSSR count). The molecule has 0 saturated carbocycles. The molecule has 0 atom stereocenters. The van der Waals surface area contributed by atoms with Crippen LogP contribution in [0.1, 0.15) is 16.7 Å². The van der Waals surface area contributed by atoms with Gasteiger partial charge in [0, 0.05) is 13.1 Å². The lowest BCUT2D eigenvalue weighted by molar-refractivity contribution is 0.617. The standard InChI is InChI=1S/C9H9ClFN/c1-5-2-6-3-12-4-7(6)8(10)9(5)11/h2,12H,3-4H2,1H3. The highest BCUT2D eigenvalue weighted by Crippen LogP contribution is 2.29. The predicted octanol–water partition coefficient (Wildman–Crippen LogP) is 2.39. The van der Waals surface area contributed by atoms with Crippen LogP contribution in [0.5, 0.6) is 0 Å². The van der Waals surface area contributed by atoms with E-state index in [0.717, 1.165) is 17.7 Å². The fraction of sp³-hybridized carbons (Fsp3) is 0.333. The Kier molecular flexibility index (Phi) is 1.81. The van der Waals surface area contributed by atoms with Crippen molar-refractivity contribution >= 4 is 11.6 Å². The lowest BCUT2D eigenvalue weighted by atomic mass is 10.1. The molecule has 12 heavy (non-hydrogen) atoms. The second-order valence-electron chi connectivity index (χ2n) is 3.06. The third kappa shape index (κ3) is 1.03. The van der Waals surface area contributed by atoms with Crippen LogP contribution in [0.3, 0.4) is 0 Å². The van der Waals surface area contributed by atoms with Crippen LogP contribution in [-0.2, 0) is 13.1 Å². The van der Waals surface area contributed by atoms with Crippen molar-refractivity contribution in [1.82, 2.24) is 5.32 Å². The average Bonchev–Trinajstić information content (AvgIpc) is 2.48. The zero-order valence-corrected chi connectivity index (χ0v) is 7.50. The van der Waals surface area contributed by atoms with E-state index in [1.807, 2.05) is 6.07 Å². The first-order chi connectivity index (χ1) is 5.70. The first kappa shape index (κ1) is 8.02. The molecule has 1 nitrogen and oxygen atoms in total. The third-order valence-electron chi connectivity index (χ3n) is 2.20. The largest absolute Gasteiger partial charge is 0.309 e. The molecule has 3 heteroatoms. The normalized spacial score (nSPS) is 14.9. The van der Waals surface area contributed by atoms with Gasteiger partial charge in [0.2, 0.25) is 0 Å². The Morgan fingerprint density at radius 3 is 3.00 bits per heavy atom. The van der Waals surface area contributed by atoms with E-state index in [9.17, 15) is 4.39 Å². The minimum Gasteiger partial charge on any atom is -0.309 e. The summed E-state index contributed by atoms with van der Waals surface area (Å²) >= 11 is 5.83. The molecule has 1 aliphatic heterocycles. The summed E-state index contributed by atoms with van der Waals surface area (Å²) in [5.41, 5.74) is 2.67. The van der Waals surface area contributed by atoms with Crippen LogP contribution in [0.2, 0.25) is 5.02 Å². The molecule has 1 aliphatic rings. The summed E-state index contributed by atoms with van der Waals surface area (Å²) < 4.78 is 13.2. The summed E-state index contributed by atoms with van der Waals surface area (Å²) in [4.78, 5) is 0. The molecule has 0 unspecified atom stereocenters. The lowest BCUT2D eigenvalue weighted by Gasteiger charge is -2.04. The predicted molar refractivity (Wildman–Crippen MR) is 46.7 cm³/mol. The number of fused-ring (bicyclic) bond motifs is 1. The van der Waals surface area contributed by atoms with Gasteiger partial charge in [-0.1, -0.05) is 17.7 Å². The molecule has 64 valence electrons. The van der Waals surface area contributed by atoms with Gasteiger partial charge >= 0.3 is 0 Å². The molecule has 0 spiro atoms. The zero-order valence-electron chi connectivity index (χ0n) is 6.75. The van der Waals surface area contributed by atoms with Crippen LogP contribution in [-0.4, -0.2) is 0 Å². The molecule has 0 bridgehead atoms. The van der Waals surface area contributed by atoms with Crippen molar-refractivity contribution in [3.63, 3.8) is 0 Å². The molecule has 0 aliphatic carbocycles. The molecule has 0 radical (unpaired) electrons. The van der Waals surface area contributed by atoms with Crippen LogP contribution < -0.4 is 5.32 Å². The maximum Gasteiger partial charge on any atom is 0.145 e. The van der Waals surface area contributed by atoms with E-state index in [4.69, 9.17) is 11.6 Å². The van der Waals surface area contributed by atoms with Crippen molar-refractivity contribution < 1.29 is 4.39 Å². The van der Waals surface area contributed by atoms with Crippen LogP contribution in [0, 0.1) is 12.7 Å². The molecule has 0 fully saturated rings. The Bertz CT molecular complexity index is 336. The Hall–Kier alpha value is -0.600. The maximum atomic E-state index is 13.2. The second kappa shape index (κ2) is 2.71. The first-order valence-electron chi connectivity index (χ1n) is 3.87. The number of hydrogen-bond acceptors (Lipinski definition) is 1. The van der Waals surface area contributed by atoms with Crippen molar-refractivity contribution in [2.24, 2.45) is 0 Å². The van der Waals surface area contributed by atoms with Crippen molar-refractivity contribution in [1.29, 1.82) is 0 Å². The molecular formula is C9H9ClFN. The fourth-order valence-corrected chi connectivity index (χ4v) is 1.87. The number of benzene rings is 1. The maximum absolute atomic E-state index is 13.2. The molecule has 1 N–H and O–H groups in total. The Morgan fingerprint density at radius 2 is 2.25 bits per heavy atom. The smallest absolute Gasteiger partial charge is 0.145 e. The van der Waals surface area contributed by atoms with E-state index in [-0.39, 0.29) is 10.8 Å². The highest BCUT2D eigenvalue weighted by molar-refractivity contribution is 6.31. The minimum atomic E-state index is -0.279. The topological polar surface area (TPSA) is 12.0 Å². The summed E-state index contributed by atoms with van der Waals surface area (Å²) in [5.74, 6) is -0.279. The third-order valence-corrected chi connectivity index (χ3v) is 2.59. The van der Waals surface area contributed by atoms with E-state index in [1.165, 1.54) is 0 Å². The number of rotatable bonds is 0. The number of nitrogens with one attached hydrogen (secondary N) is 1. The average molecular weight is 186 g/mol. The molecule has 1 heterocycles. The summed E-state index contributed by atoms with van der Waals surface area (Å²) in [5, 5.41) is 3.42. The Labute approximate surface area is 75.5 Å². The van der Waals surface area contributed by atoms with Crippen molar-refractivity contribution in [3.8, 4) is 0 Å². The fourth-order valence-electron chi connectivity index (χ4n) is 1.53. The van der Waals surface area contributed by atoms with Gasteiger partial charge in [-0.3, -0.25) is 0 Å². The van der Waals surface area contributed by atoms with Gasteiger partial charge in [-0.25, -0.2) is 4.39 Å². The van der Waals surface area contributed by atoms with Gasteiger partial charge in [0.1, 0.15) is 5.82 Å². The van der Waals surface area contributed by atoms with Crippen molar-refractivity contribution in [2.45, 2.75) is 20.0 Å². The summed E-state index contributed by atoms with van der Waals surface area (Å²) in [6.45, 7) is 3.22. The first-order valence-corrected chi connectivity index (χ1v) is 4.25.